The smallest absolute Gasteiger partial charge is 0.259 e. The van der Waals surface area contributed by atoms with Gasteiger partial charge in [-0.2, -0.15) is 0 Å². The van der Waals surface area contributed by atoms with Crippen molar-refractivity contribution in [3.05, 3.63) is 41.7 Å². The Labute approximate surface area is 136 Å². The SMILES string of the molecule is Cc1onc(-c2ccccc2)c1C(=O)N(C)C1CCCNCC1. The minimum Gasteiger partial charge on any atom is -0.360 e. The van der Waals surface area contributed by atoms with Crippen LogP contribution in [0.25, 0.3) is 11.3 Å². The first-order valence-electron chi connectivity index (χ1n) is 8.18. The molecule has 1 N–H and O–H groups in total. The van der Waals surface area contributed by atoms with Gasteiger partial charge in [0.2, 0.25) is 0 Å². The average molecular weight is 313 g/mol. The molecule has 1 unspecified atom stereocenters. The Morgan fingerprint density at radius 1 is 1.26 bits per heavy atom. The Bertz CT molecular complexity index is 658. The molecule has 2 aromatic rings. The van der Waals surface area contributed by atoms with E-state index < -0.39 is 0 Å². The van der Waals surface area contributed by atoms with E-state index >= 15 is 0 Å². The topological polar surface area (TPSA) is 58.4 Å². The lowest BCUT2D eigenvalue weighted by Gasteiger charge is -2.27. The highest BCUT2D eigenvalue weighted by Crippen LogP contribution is 2.27. The lowest BCUT2D eigenvalue weighted by Crippen LogP contribution is -2.38. The van der Waals surface area contributed by atoms with Gasteiger partial charge in [0, 0.05) is 18.7 Å². The van der Waals surface area contributed by atoms with Gasteiger partial charge < -0.3 is 14.7 Å². The zero-order chi connectivity index (χ0) is 16.2. The lowest BCUT2D eigenvalue weighted by molar-refractivity contribution is 0.0719. The van der Waals surface area contributed by atoms with Gasteiger partial charge in [-0.25, -0.2) is 0 Å². The van der Waals surface area contributed by atoms with Crippen molar-refractivity contribution >= 4 is 5.91 Å². The predicted molar refractivity (Wildman–Crippen MR) is 89.3 cm³/mol. The van der Waals surface area contributed by atoms with Gasteiger partial charge in [0.15, 0.2) is 0 Å². The highest BCUT2D eigenvalue weighted by molar-refractivity contribution is 6.00. The van der Waals surface area contributed by atoms with E-state index in [2.05, 4.69) is 10.5 Å². The van der Waals surface area contributed by atoms with E-state index in [-0.39, 0.29) is 11.9 Å². The van der Waals surface area contributed by atoms with Crippen LogP contribution in [-0.4, -0.2) is 42.1 Å². The van der Waals surface area contributed by atoms with Crippen LogP contribution in [0.4, 0.5) is 0 Å². The third kappa shape index (κ3) is 3.29. The van der Waals surface area contributed by atoms with E-state index in [9.17, 15) is 4.79 Å². The molecule has 1 fully saturated rings. The number of benzene rings is 1. The second kappa shape index (κ2) is 6.96. The van der Waals surface area contributed by atoms with Crippen molar-refractivity contribution in [1.29, 1.82) is 0 Å². The molecule has 0 saturated carbocycles. The van der Waals surface area contributed by atoms with Gasteiger partial charge in [-0.1, -0.05) is 35.5 Å². The molecule has 2 heterocycles. The number of nitrogens with zero attached hydrogens (tertiary/aromatic N) is 2. The van der Waals surface area contributed by atoms with Crippen LogP contribution in [0, 0.1) is 6.92 Å². The number of rotatable bonds is 3. The summed E-state index contributed by atoms with van der Waals surface area (Å²) in [6, 6.07) is 9.98. The maximum absolute atomic E-state index is 13.0. The van der Waals surface area contributed by atoms with Gasteiger partial charge in [-0.05, 0) is 39.3 Å². The molecule has 1 aliphatic rings. The van der Waals surface area contributed by atoms with Crippen molar-refractivity contribution in [3.8, 4) is 11.3 Å². The Morgan fingerprint density at radius 3 is 2.83 bits per heavy atom. The van der Waals surface area contributed by atoms with Crippen LogP contribution < -0.4 is 5.32 Å². The highest BCUT2D eigenvalue weighted by Gasteiger charge is 2.28. The van der Waals surface area contributed by atoms with Crippen LogP contribution in [0.1, 0.15) is 35.4 Å². The van der Waals surface area contributed by atoms with Gasteiger partial charge in [0.25, 0.3) is 5.91 Å². The van der Waals surface area contributed by atoms with E-state index in [4.69, 9.17) is 4.52 Å². The maximum atomic E-state index is 13.0. The number of carbonyl (C=O) groups excluding carboxylic acids is 1. The summed E-state index contributed by atoms with van der Waals surface area (Å²) in [5, 5.41) is 7.50. The van der Waals surface area contributed by atoms with Crippen LogP contribution in [0.15, 0.2) is 34.9 Å². The molecule has 23 heavy (non-hydrogen) atoms. The first-order valence-corrected chi connectivity index (χ1v) is 8.18. The lowest BCUT2D eigenvalue weighted by atomic mass is 10.0. The Hall–Kier alpha value is -2.14. The fourth-order valence-electron chi connectivity index (χ4n) is 3.15. The van der Waals surface area contributed by atoms with Crippen LogP contribution in [0.3, 0.4) is 0 Å². The van der Waals surface area contributed by atoms with Crippen molar-refractivity contribution in [2.45, 2.75) is 32.2 Å². The van der Waals surface area contributed by atoms with Crippen LogP contribution in [0.2, 0.25) is 0 Å². The van der Waals surface area contributed by atoms with Gasteiger partial charge >= 0.3 is 0 Å². The monoisotopic (exact) mass is 313 g/mol. The zero-order valence-electron chi connectivity index (χ0n) is 13.7. The van der Waals surface area contributed by atoms with E-state index in [1.54, 1.807) is 6.92 Å². The number of aryl methyl sites for hydroxylation is 1. The molecule has 0 bridgehead atoms. The van der Waals surface area contributed by atoms with E-state index in [1.807, 2.05) is 42.3 Å². The largest absolute Gasteiger partial charge is 0.360 e. The van der Waals surface area contributed by atoms with Crippen molar-refractivity contribution < 1.29 is 9.32 Å². The third-order valence-corrected chi connectivity index (χ3v) is 4.54. The number of nitrogens with one attached hydrogen (secondary N) is 1. The fourth-order valence-corrected chi connectivity index (χ4v) is 3.15. The molecule has 1 saturated heterocycles. The van der Waals surface area contributed by atoms with E-state index in [1.165, 1.54) is 0 Å². The molecular weight excluding hydrogens is 290 g/mol. The van der Waals surface area contributed by atoms with Crippen molar-refractivity contribution in [2.24, 2.45) is 0 Å². The normalized spacial score (nSPS) is 18.4. The van der Waals surface area contributed by atoms with Crippen molar-refractivity contribution in [2.75, 3.05) is 20.1 Å². The molecule has 1 amide bonds. The average Bonchev–Trinajstić information content (AvgIpc) is 2.79. The Morgan fingerprint density at radius 2 is 2.04 bits per heavy atom. The fraction of sp³-hybridized carbons (Fsp3) is 0.444. The Balaban J connectivity index is 1.89. The number of hydrogen-bond acceptors (Lipinski definition) is 4. The summed E-state index contributed by atoms with van der Waals surface area (Å²) in [5.41, 5.74) is 2.12. The quantitative estimate of drug-likeness (QED) is 0.946. The molecule has 0 spiro atoms. The van der Waals surface area contributed by atoms with Crippen molar-refractivity contribution in [1.82, 2.24) is 15.4 Å². The molecule has 1 aromatic carbocycles. The van der Waals surface area contributed by atoms with Crippen molar-refractivity contribution in [3.63, 3.8) is 0 Å². The Kier molecular flexibility index (Phi) is 4.76. The van der Waals surface area contributed by atoms with Crippen LogP contribution >= 0.6 is 0 Å². The van der Waals surface area contributed by atoms with Crippen LogP contribution in [0.5, 0.6) is 0 Å². The maximum Gasteiger partial charge on any atom is 0.259 e. The summed E-state index contributed by atoms with van der Waals surface area (Å²) >= 11 is 0. The summed E-state index contributed by atoms with van der Waals surface area (Å²) in [6.07, 6.45) is 3.10. The number of amides is 1. The van der Waals surface area contributed by atoms with E-state index in [0.29, 0.717) is 17.0 Å². The van der Waals surface area contributed by atoms with Gasteiger partial charge in [-0.3, -0.25) is 4.79 Å². The third-order valence-electron chi connectivity index (χ3n) is 4.54. The summed E-state index contributed by atoms with van der Waals surface area (Å²) in [7, 11) is 1.89. The zero-order valence-corrected chi connectivity index (χ0v) is 13.7. The number of aromatic nitrogens is 1. The molecular formula is C18H23N3O2. The van der Waals surface area contributed by atoms with Gasteiger partial charge in [0.05, 0.1) is 0 Å². The number of hydrogen-bond donors (Lipinski definition) is 1. The first-order chi connectivity index (χ1) is 11.2. The van der Waals surface area contributed by atoms with Gasteiger partial charge in [-0.15, -0.1) is 0 Å². The number of carbonyl (C=O) groups is 1. The molecule has 5 nitrogen and oxygen atoms in total. The minimum absolute atomic E-state index is 0.00509. The second-order valence-corrected chi connectivity index (χ2v) is 6.08. The first kappa shape index (κ1) is 15.7. The van der Waals surface area contributed by atoms with Crippen LogP contribution in [-0.2, 0) is 0 Å². The minimum atomic E-state index is -0.00509. The highest BCUT2D eigenvalue weighted by atomic mass is 16.5. The summed E-state index contributed by atoms with van der Waals surface area (Å²) < 4.78 is 5.32. The molecule has 0 aliphatic carbocycles. The predicted octanol–water partition coefficient (Wildman–Crippen LogP) is 2.86. The second-order valence-electron chi connectivity index (χ2n) is 6.08. The molecule has 1 aromatic heterocycles. The summed E-state index contributed by atoms with van der Waals surface area (Å²) in [5.74, 6) is 0.571. The molecule has 1 atom stereocenters. The molecule has 3 rings (SSSR count). The van der Waals surface area contributed by atoms with E-state index in [0.717, 1.165) is 37.9 Å². The molecule has 1 aliphatic heterocycles. The van der Waals surface area contributed by atoms with Gasteiger partial charge in [0.1, 0.15) is 17.0 Å². The summed E-state index contributed by atoms with van der Waals surface area (Å²) in [6.45, 7) is 3.78. The summed E-state index contributed by atoms with van der Waals surface area (Å²) in [4.78, 5) is 14.9. The molecule has 0 radical (unpaired) electrons. The molecule has 5 heteroatoms. The molecule has 122 valence electrons. The standard InChI is InChI=1S/C18H23N3O2/c1-13-16(17(20-23-13)14-7-4-3-5-8-14)18(22)21(2)15-9-6-11-19-12-10-15/h3-5,7-8,15,19H,6,9-12H2,1-2H3.